The summed E-state index contributed by atoms with van der Waals surface area (Å²) in [4.78, 5) is 11.8. The van der Waals surface area contributed by atoms with Crippen LogP contribution in [0.5, 0.6) is 5.75 Å². The van der Waals surface area contributed by atoms with E-state index in [9.17, 15) is 17.6 Å². The lowest BCUT2D eigenvalue weighted by Gasteiger charge is -2.23. The van der Waals surface area contributed by atoms with Crippen molar-refractivity contribution in [2.24, 2.45) is 0 Å². The lowest BCUT2D eigenvalue weighted by atomic mass is 10.1. The Balaban J connectivity index is 2.09. The second kappa shape index (κ2) is 8.60. The van der Waals surface area contributed by atoms with Gasteiger partial charge in [-0.2, -0.15) is 0 Å². The highest BCUT2D eigenvalue weighted by atomic mass is 32.2. The quantitative estimate of drug-likeness (QED) is 0.764. The highest BCUT2D eigenvalue weighted by molar-refractivity contribution is 7.92. The number of ether oxygens (including phenoxy) is 1. The molecule has 0 saturated heterocycles. The molecule has 28 heavy (non-hydrogen) atoms. The van der Waals surface area contributed by atoms with Gasteiger partial charge in [0.2, 0.25) is 10.0 Å². The molecule has 0 unspecified atom stereocenters. The van der Waals surface area contributed by atoms with E-state index < -0.39 is 10.0 Å². The maximum atomic E-state index is 13.1. The van der Waals surface area contributed by atoms with E-state index in [-0.39, 0.29) is 30.4 Å². The maximum Gasteiger partial charge on any atom is 0.258 e. The fraction of sp³-hybridized carbons (Fsp3) is 0.350. The Morgan fingerprint density at radius 2 is 1.64 bits per heavy atom. The van der Waals surface area contributed by atoms with Crippen LogP contribution in [0.3, 0.4) is 0 Å². The van der Waals surface area contributed by atoms with Crippen molar-refractivity contribution in [3.05, 3.63) is 59.9 Å². The summed E-state index contributed by atoms with van der Waals surface area (Å²) < 4.78 is 44.1. The molecule has 1 amide bonds. The molecule has 0 bridgehead atoms. The van der Waals surface area contributed by atoms with E-state index in [1.807, 2.05) is 20.8 Å². The minimum atomic E-state index is -3.55. The van der Waals surface area contributed by atoms with Crippen molar-refractivity contribution < 1.29 is 22.3 Å². The van der Waals surface area contributed by atoms with E-state index >= 15 is 0 Å². The Bertz CT molecular complexity index is 905. The van der Waals surface area contributed by atoms with Gasteiger partial charge in [0.05, 0.1) is 18.5 Å². The van der Waals surface area contributed by atoms with Gasteiger partial charge in [-0.1, -0.05) is 12.1 Å². The number of nitrogens with zero attached hydrogens (tertiary/aromatic N) is 1. The van der Waals surface area contributed by atoms with E-state index in [4.69, 9.17) is 4.74 Å². The summed E-state index contributed by atoms with van der Waals surface area (Å²) in [7, 11) is -3.55. The summed E-state index contributed by atoms with van der Waals surface area (Å²) in [5.74, 6) is -0.180. The topological polar surface area (TPSA) is 75.7 Å². The van der Waals surface area contributed by atoms with Gasteiger partial charge >= 0.3 is 0 Å². The lowest BCUT2D eigenvalue weighted by Crippen LogP contribution is -2.43. The number of nitrogens with one attached hydrogen (secondary N) is 1. The summed E-state index contributed by atoms with van der Waals surface area (Å²) in [6.07, 6.45) is 1.11. The maximum absolute atomic E-state index is 13.1. The minimum absolute atomic E-state index is 0.0767. The molecule has 0 spiro atoms. The minimum Gasteiger partial charge on any atom is -0.484 e. The molecule has 2 rings (SSSR count). The van der Waals surface area contributed by atoms with Gasteiger partial charge in [-0.05, 0) is 62.7 Å². The number of carbonyl (C=O) groups is 1. The van der Waals surface area contributed by atoms with Gasteiger partial charge in [-0.25, -0.2) is 12.8 Å². The van der Waals surface area contributed by atoms with Crippen molar-refractivity contribution in [1.82, 2.24) is 5.32 Å². The summed E-state index contributed by atoms with van der Waals surface area (Å²) in [5.41, 5.74) is 0.755. The molecule has 2 aromatic carbocycles. The monoisotopic (exact) mass is 408 g/mol. The number of sulfonamides is 1. The van der Waals surface area contributed by atoms with Crippen LogP contribution in [-0.2, 0) is 21.4 Å². The highest BCUT2D eigenvalue weighted by Crippen LogP contribution is 2.24. The van der Waals surface area contributed by atoms with Crippen LogP contribution >= 0.6 is 0 Å². The molecule has 152 valence electrons. The van der Waals surface area contributed by atoms with Crippen molar-refractivity contribution in [2.75, 3.05) is 17.2 Å². The van der Waals surface area contributed by atoms with Crippen molar-refractivity contribution in [3.63, 3.8) is 0 Å². The van der Waals surface area contributed by atoms with Gasteiger partial charge in [0, 0.05) is 5.54 Å². The SMILES string of the molecule is CC(C)(C)NC(=O)COc1ccc(N(Cc2ccc(F)cc2)S(C)(=O)=O)cc1. The van der Waals surface area contributed by atoms with Crippen LogP contribution in [0.2, 0.25) is 0 Å². The molecule has 0 heterocycles. The van der Waals surface area contributed by atoms with Gasteiger partial charge in [0.15, 0.2) is 6.61 Å². The highest BCUT2D eigenvalue weighted by Gasteiger charge is 2.18. The van der Waals surface area contributed by atoms with E-state index in [1.54, 1.807) is 36.4 Å². The Hall–Kier alpha value is -2.61. The standard InChI is InChI=1S/C20H25FN2O4S/c1-20(2,3)22-19(24)14-27-18-11-9-17(10-12-18)23(28(4,25)26)13-15-5-7-16(21)8-6-15/h5-12H,13-14H2,1-4H3,(H,22,24). The Morgan fingerprint density at radius 3 is 2.14 bits per heavy atom. The summed E-state index contributed by atoms with van der Waals surface area (Å²) in [6, 6.07) is 12.1. The number of halogens is 1. The third-order valence-corrected chi connectivity index (χ3v) is 4.79. The molecule has 2 aromatic rings. The predicted octanol–water partition coefficient (Wildman–Crippen LogP) is 3.09. The molecule has 0 aliphatic carbocycles. The Kier molecular flexibility index (Phi) is 6.66. The van der Waals surface area contributed by atoms with Gasteiger partial charge in [-0.3, -0.25) is 9.10 Å². The molecule has 0 radical (unpaired) electrons. The van der Waals surface area contributed by atoms with Crippen molar-refractivity contribution in [1.29, 1.82) is 0 Å². The second-order valence-corrected chi connectivity index (χ2v) is 9.38. The van der Waals surface area contributed by atoms with E-state index in [0.717, 1.165) is 6.26 Å². The number of rotatable bonds is 7. The van der Waals surface area contributed by atoms with E-state index in [2.05, 4.69) is 5.32 Å². The van der Waals surface area contributed by atoms with Crippen molar-refractivity contribution in [3.8, 4) is 5.75 Å². The second-order valence-electron chi connectivity index (χ2n) is 7.48. The van der Waals surface area contributed by atoms with Gasteiger partial charge in [0.1, 0.15) is 11.6 Å². The Morgan fingerprint density at radius 1 is 1.07 bits per heavy atom. The fourth-order valence-corrected chi connectivity index (χ4v) is 3.36. The average molecular weight is 408 g/mol. The molecule has 0 fully saturated rings. The van der Waals surface area contributed by atoms with Crippen LogP contribution in [0.15, 0.2) is 48.5 Å². The summed E-state index contributed by atoms with van der Waals surface area (Å²) in [6.45, 7) is 5.57. The summed E-state index contributed by atoms with van der Waals surface area (Å²) >= 11 is 0. The van der Waals surface area contributed by atoms with Crippen LogP contribution in [-0.4, -0.2) is 32.7 Å². The van der Waals surface area contributed by atoms with Gasteiger partial charge in [-0.15, -0.1) is 0 Å². The third-order valence-electron chi connectivity index (χ3n) is 3.65. The molecular weight excluding hydrogens is 383 g/mol. The van der Waals surface area contributed by atoms with Crippen molar-refractivity contribution >= 4 is 21.6 Å². The normalized spacial score (nSPS) is 11.8. The Labute approximate surface area is 165 Å². The van der Waals surface area contributed by atoms with Crippen LogP contribution in [0.4, 0.5) is 10.1 Å². The lowest BCUT2D eigenvalue weighted by molar-refractivity contribution is -0.124. The van der Waals surface area contributed by atoms with Crippen LogP contribution < -0.4 is 14.4 Å². The first kappa shape index (κ1) is 21.7. The zero-order chi connectivity index (χ0) is 20.9. The molecule has 0 aliphatic rings. The van der Waals surface area contributed by atoms with Crippen LogP contribution in [0.1, 0.15) is 26.3 Å². The largest absolute Gasteiger partial charge is 0.484 e. The van der Waals surface area contributed by atoms with E-state index in [1.165, 1.54) is 16.4 Å². The number of anilines is 1. The zero-order valence-electron chi connectivity index (χ0n) is 16.4. The number of hydrogen-bond donors (Lipinski definition) is 1. The number of amides is 1. The number of benzene rings is 2. The molecule has 0 saturated carbocycles. The summed E-state index contributed by atoms with van der Waals surface area (Å²) in [5, 5.41) is 2.79. The smallest absolute Gasteiger partial charge is 0.258 e. The molecule has 8 heteroatoms. The first-order chi connectivity index (χ1) is 12.9. The fourth-order valence-electron chi connectivity index (χ4n) is 2.47. The number of hydrogen-bond acceptors (Lipinski definition) is 4. The van der Waals surface area contributed by atoms with E-state index in [0.29, 0.717) is 17.0 Å². The van der Waals surface area contributed by atoms with Crippen LogP contribution in [0.25, 0.3) is 0 Å². The van der Waals surface area contributed by atoms with Crippen LogP contribution in [0, 0.1) is 5.82 Å². The predicted molar refractivity (Wildman–Crippen MR) is 107 cm³/mol. The molecule has 0 atom stereocenters. The molecular formula is C20H25FN2O4S. The molecule has 6 nitrogen and oxygen atoms in total. The third kappa shape index (κ3) is 6.84. The molecule has 1 N–H and O–H groups in total. The van der Waals surface area contributed by atoms with Gasteiger partial charge in [0.25, 0.3) is 5.91 Å². The molecule has 0 aromatic heterocycles. The zero-order valence-corrected chi connectivity index (χ0v) is 17.2. The number of carbonyl (C=O) groups excluding carboxylic acids is 1. The average Bonchev–Trinajstić information content (AvgIpc) is 2.57. The van der Waals surface area contributed by atoms with Crippen molar-refractivity contribution in [2.45, 2.75) is 32.9 Å². The molecule has 0 aliphatic heterocycles. The van der Waals surface area contributed by atoms with Gasteiger partial charge < -0.3 is 10.1 Å². The first-order valence-electron chi connectivity index (χ1n) is 8.70. The first-order valence-corrected chi connectivity index (χ1v) is 10.5.